The van der Waals surface area contributed by atoms with E-state index in [1.165, 1.54) is 17.0 Å². The van der Waals surface area contributed by atoms with E-state index >= 15 is 0 Å². The zero-order chi connectivity index (χ0) is 20.4. The summed E-state index contributed by atoms with van der Waals surface area (Å²) < 4.78 is 7.51. The van der Waals surface area contributed by atoms with E-state index in [-0.39, 0.29) is 5.91 Å². The summed E-state index contributed by atoms with van der Waals surface area (Å²) in [5.41, 5.74) is 6.40. The molecule has 3 aromatic rings. The van der Waals surface area contributed by atoms with Crippen LogP contribution in [0.5, 0.6) is 0 Å². The molecule has 1 aliphatic heterocycles. The molecule has 0 unspecified atom stereocenters. The molecule has 152 valence electrons. The Labute approximate surface area is 175 Å². The Morgan fingerprint density at radius 3 is 2.76 bits per heavy atom. The van der Waals surface area contributed by atoms with E-state index in [1.54, 1.807) is 11.3 Å². The Balaban J connectivity index is 1.48. The molecule has 1 aliphatic rings. The van der Waals surface area contributed by atoms with Gasteiger partial charge in [0.25, 0.3) is 0 Å². The number of nitrogens with zero attached hydrogens (tertiary/aromatic N) is 3. The Bertz CT molecular complexity index is 1020. The van der Waals surface area contributed by atoms with Gasteiger partial charge in [0, 0.05) is 53.7 Å². The van der Waals surface area contributed by atoms with Crippen LogP contribution in [0.2, 0.25) is 0 Å². The fraction of sp³-hybridized carbons (Fsp3) is 0.364. The summed E-state index contributed by atoms with van der Waals surface area (Å²) in [6.45, 7) is 7.59. The standard InChI is InChI=1S/C22H26N4O2S/c1-15-11-19(16(2)25(15)3)20-14-29-22(24-20)17-5-4-6-18(12-17)23-21(27)13-26-7-9-28-10-8-26/h4-6,11-12,14H,7-10,13H2,1-3H3,(H,23,27). The summed E-state index contributed by atoms with van der Waals surface area (Å²) >= 11 is 1.62. The van der Waals surface area contributed by atoms with Crippen molar-refractivity contribution in [3.05, 3.63) is 47.1 Å². The van der Waals surface area contributed by atoms with Crippen molar-refractivity contribution in [1.29, 1.82) is 0 Å². The van der Waals surface area contributed by atoms with Gasteiger partial charge in [-0.1, -0.05) is 12.1 Å². The van der Waals surface area contributed by atoms with Crippen LogP contribution in [0, 0.1) is 13.8 Å². The second-order valence-corrected chi connectivity index (χ2v) is 8.26. The zero-order valence-electron chi connectivity index (χ0n) is 17.1. The molecule has 1 saturated heterocycles. The monoisotopic (exact) mass is 410 g/mol. The molecule has 4 rings (SSSR count). The number of amides is 1. The van der Waals surface area contributed by atoms with Crippen molar-refractivity contribution >= 4 is 22.9 Å². The van der Waals surface area contributed by atoms with Gasteiger partial charge >= 0.3 is 0 Å². The highest BCUT2D eigenvalue weighted by Gasteiger charge is 2.15. The fourth-order valence-corrected chi connectivity index (χ4v) is 4.35. The van der Waals surface area contributed by atoms with Crippen LogP contribution in [0.1, 0.15) is 11.4 Å². The maximum absolute atomic E-state index is 12.4. The van der Waals surface area contributed by atoms with Crippen LogP contribution in [0.25, 0.3) is 21.8 Å². The highest BCUT2D eigenvalue weighted by atomic mass is 32.1. The zero-order valence-corrected chi connectivity index (χ0v) is 17.9. The van der Waals surface area contributed by atoms with Gasteiger partial charge in [-0.3, -0.25) is 9.69 Å². The number of anilines is 1. The van der Waals surface area contributed by atoms with Crippen molar-refractivity contribution in [2.45, 2.75) is 13.8 Å². The molecule has 29 heavy (non-hydrogen) atoms. The number of aryl methyl sites for hydroxylation is 1. The number of benzene rings is 1. The van der Waals surface area contributed by atoms with Crippen LogP contribution in [0.3, 0.4) is 0 Å². The minimum atomic E-state index is -0.000682. The van der Waals surface area contributed by atoms with E-state index in [0.717, 1.165) is 35.0 Å². The third-order valence-electron chi connectivity index (χ3n) is 5.42. The lowest BCUT2D eigenvalue weighted by molar-refractivity contribution is -0.118. The molecule has 1 aromatic carbocycles. The quantitative estimate of drug-likeness (QED) is 0.697. The molecule has 0 spiro atoms. The van der Waals surface area contributed by atoms with Crippen molar-refractivity contribution in [1.82, 2.24) is 14.5 Å². The van der Waals surface area contributed by atoms with Crippen LogP contribution in [-0.2, 0) is 16.6 Å². The first-order valence-corrected chi connectivity index (χ1v) is 10.7. The van der Waals surface area contributed by atoms with Gasteiger partial charge in [0.1, 0.15) is 5.01 Å². The van der Waals surface area contributed by atoms with Crippen molar-refractivity contribution in [2.75, 3.05) is 38.2 Å². The Kier molecular flexibility index (Phi) is 5.80. The van der Waals surface area contributed by atoms with E-state index in [2.05, 4.69) is 47.1 Å². The van der Waals surface area contributed by atoms with Gasteiger partial charge in [0.05, 0.1) is 25.5 Å². The summed E-state index contributed by atoms with van der Waals surface area (Å²) in [5.74, 6) is -0.000682. The summed E-state index contributed by atoms with van der Waals surface area (Å²) in [5, 5.41) is 6.06. The van der Waals surface area contributed by atoms with Crippen LogP contribution in [-0.4, -0.2) is 53.2 Å². The van der Waals surface area contributed by atoms with E-state index in [1.807, 2.05) is 24.3 Å². The van der Waals surface area contributed by atoms with E-state index < -0.39 is 0 Å². The molecular formula is C22H26N4O2S. The number of aromatic nitrogens is 2. The molecule has 3 heterocycles. The topological polar surface area (TPSA) is 59.4 Å². The minimum absolute atomic E-state index is 0.000682. The average Bonchev–Trinajstić information content (AvgIpc) is 3.30. The molecule has 0 aliphatic carbocycles. The Hall–Kier alpha value is -2.48. The number of hydrogen-bond acceptors (Lipinski definition) is 5. The lowest BCUT2D eigenvalue weighted by Crippen LogP contribution is -2.41. The molecule has 0 radical (unpaired) electrons. The van der Waals surface area contributed by atoms with Crippen molar-refractivity contribution in [3.63, 3.8) is 0 Å². The second kappa shape index (κ2) is 8.49. The van der Waals surface area contributed by atoms with Crippen molar-refractivity contribution < 1.29 is 9.53 Å². The molecule has 6 nitrogen and oxygen atoms in total. The average molecular weight is 411 g/mol. The van der Waals surface area contributed by atoms with E-state index in [4.69, 9.17) is 9.72 Å². The second-order valence-electron chi connectivity index (χ2n) is 7.40. The molecule has 1 N–H and O–H groups in total. The Morgan fingerprint density at radius 1 is 1.24 bits per heavy atom. The van der Waals surface area contributed by atoms with Crippen molar-refractivity contribution in [3.8, 4) is 21.8 Å². The van der Waals surface area contributed by atoms with Gasteiger partial charge in [-0.25, -0.2) is 4.98 Å². The molecule has 0 atom stereocenters. The number of ether oxygens (including phenoxy) is 1. The minimum Gasteiger partial charge on any atom is -0.379 e. The maximum atomic E-state index is 12.4. The number of rotatable bonds is 5. The van der Waals surface area contributed by atoms with Gasteiger partial charge < -0.3 is 14.6 Å². The first-order chi connectivity index (χ1) is 14.0. The highest BCUT2D eigenvalue weighted by molar-refractivity contribution is 7.13. The predicted molar refractivity (Wildman–Crippen MR) is 117 cm³/mol. The number of thiazole rings is 1. The summed E-state index contributed by atoms with van der Waals surface area (Å²) in [6.07, 6.45) is 0. The highest BCUT2D eigenvalue weighted by Crippen LogP contribution is 2.32. The molecular weight excluding hydrogens is 384 g/mol. The summed E-state index contributed by atoms with van der Waals surface area (Å²) in [4.78, 5) is 19.3. The lowest BCUT2D eigenvalue weighted by atomic mass is 10.2. The van der Waals surface area contributed by atoms with Gasteiger partial charge in [-0.05, 0) is 32.0 Å². The van der Waals surface area contributed by atoms with Crippen LogP contribution >= 0.6 is 11.3 Å². The summed E-state index contributed by atoms with van der Waals surface area (Å²) in [7, 11) is 2.07. The molecule has 2 aromatic heterocycles. The number of morpholine rings is 1. The van der Waals surface area contributed by atoms with Gasteiger partial charge in [0.2, 0.25) is 5.91 Å². The Morgan fingerprint density at radius 2 is 2.03 bits per heavy atom. The SMILES string of the molecule is Cc1cc(-c2csc(-c3cccc(NC(=O)CN4CCOCC4)c3)n2)c(C)n1C. The number of nitrogens with one attached hydrogen (secondary N) is 1. The smallest absolute Gasteiger partial charge is 0.238 e. The van der Waals surface area contributed by atoms with Gasteiger partial charge in [-0.2, -0.15) is 0 Å². The van der Waals surface area contributed by atoms with Crippen LogP contribution < -0.4 is 5.32 Å². The lowest BCUT2D eigenvalue weighted by Gasteiger charge is -2.25. The number of hydrogen-bond donors (Lipinski definition) is 1. The third kappa shape index (κ3) is 4.42. The third-order valence-corrected chi connectivity index (χ3v) is 6.31. The first-order valence-electron chi connectivity index (χ1n) is 9.80. The van der Waals surface area contributed by atoms with Gasteiger partial charge in [0.15, 0.2) is 0 Å². The van der Waals surface area contributed by atoms with Crippen LogP contribution in [0.4, 0.5) is 5.69 Å². The normalized spacial score (nSPS) is 14.9. The largest absolute Gasteiger partial charge is 0.379 e. The molecule has 0 saturated carbocycles. The molecule has 1 amide bonds. The number of carbonyl (C=O) groups excluding carboxylic acids is 1. The molecule has 1 fully saturated rings. The van der Waals surface area contributed by atoms with E-state index in [9.17, 15) is 4.79 Å². The number of carbonyl (C=O) groups is 1. The van der Waals surface area contributed by atoms with Crippen LogP contribution in [0.15, 0.2) is 35.7 Å². The fourth-order valence-electron chi connectivity index (χ4n) is 3.54. The van der Waals surface area contributed by atoms with Crippen molar-refractivity contribution in [2.24, 2.45) is 7.05 Å². The molecule has 7 heteroatoms. The van der Waals surface area contributed by atoms with Gasteiger partial charge in [-0.15, -0.1) is 11.3 Å². The summed E-state index contributed by atoms with van der Waals surface area (Å²) in [6, 6.07) is 10.1. The maximum Gasteiger partial charge on any atom is 0.238 e. The predicted octanol–water partition coefficient (Wildman–Crippen LogP) is 3.70. The molecule has 0 bridgehead atoms. The van der Waals surface area contributed by atoms with E-state index in [0.29, 0.717) is 19.8 Å². The first kappa shape index (κ1) is 19.8.